The van der Waals surface area contributed by atoms with Gasteiger partial charge in [0.15, 0.2) is 0 Å². The third-order valence-electron chi connectivity index (χ3n) is 4.73. The first-order chi connectivity index (χ1) is 10.4. The molecule has 1 aromatic heterocycles. The lowest BCUT2D eigenvalue weighted by atomic mass is 9.94. The molecule has 3 unspecified atom stereocenters. The fourth-order valence-electron chi connectivity index (χ4n) is 3.60. The van der Waals surface area contributed by atoms with Crippen LogP contribution in [0.5, 0.6) is 0 Å². The van der Waals surface area contributed by atoms with E-state index < -0.39 is 0 Å². The van der Waals surface area contributed by atoms with Gasteiger partial charge in [-0.15, -0.1) is 23.7 Å². The lowest BCUT2D eigenvalue weighted by Crippen LogP contribution is -2.51. The number of morpholine rings is 1. The monoisotopic (exact) mass is 345 g/mol. The Kier molecular flexibility index (Phi) is 7.57. The van der Waals surface area contributed by atoms with E-state index in [9.17, 15) is 0 Å². The zero-order chi connectivity index (χ0) is 14.5. The average Bonchev–Trinajstić information content (AvgIpc) is 3.17. The molecule has 1 aromatic rings. The normalized spacial score (nSPS) is 28.5. The minimum atomic E-state index is 0. The van der Waals surface area contributed by atoms with Crippen LogP contribution in [-0.4, -0.2) is 43.4 Å². The van der Waals surface area contributed by atoms with Crippen molar-refractivity contribution in [1.29, 1.82) is 0 Å². The molecule has 0 amide bonds. The fraction of sp³-hybridized carbons (Fsp3) is 0.812. The molecule has 2 aliphatic rings. The third-order valence-corrected chi connectivity index (χ3v) is 5.77. The first kappa shape index (κ1) is 18.1. The molecule has 0 spiro atoms. The van der Waals surface area contributed by atoms with Gasteiger partial charge >= 0.3 is 0 Å². The minimum absolute atomic E-state index is 0. The van der Waals surface area contributed by atoms with Crippen molar-refractivity contribution in [3.63, 3.8) is 0 Å². The van der Waals surface area contributed by atoms with E-state index in [1.54, 1.807) is 11.3 Å². The van der Waals surface area contributed by atoms with Gasteiger partial charge in [0.05, 0.1) is 23.9 Å². The van der Waals surface area contributed by atoms with Crippen LogP contribution in [0.1, 0.15) is 36.9 Å². The van der Waals surface area contributed by atoms with Crippen molar-refractivity contribution in [2.45, 2.75) is 51.1 Å². The number of ether oxygens (including phenoxy) is 1. The average molecular weight is 346 g/mol. The predicted octanol–water partition coefficient (Wildman–Crippen LogP) is 2.42. The van der Waals surface area contributed by atoms with Crippen LogP contribution in [0.2, 0.25) is 0 Å². The van der Waals surface area contributed by atoms with Gasteiger partial charge in [-0.2, -0.15) is 0 Å². The second-order valence-electron chi connectivity index (χ2n) is 6.13. The Morgan fingerprint density at radius 3 is 3.09 bits per heavy atom. The highest BCUT2D eigenvalue weighted by Crippen LogP contribution is 2.29. The minimum Gasteiger partial charge on any atom is -0.379 e. The number of aromatic nitrogens is 1. The third kappa shape index (κ3) is 4.65. The van der Waals surface area contributed by atoms with Gasteiger partial charge in [-0.05, 0) is 25.2 Å². The first-order valence-corrected chi connectivity index (χ1v) is 9.22. The quantitative estimate of drug-likeness (QED) is 0.831. The molecule has 22 heavy (non-hydrogen) atoms. The second-order valence-corrected chi connectivity index (χ2v) is 7.07. The van der Waals surface area contributed by atoms with Gasteiger partial charge in [-0.1, -0.05) is 13.3 Å². The molecule has 1 saturated heterocycles. The summed E-state index contributed by atoms with van der Waals surface area (Å²) in [5, 5.41) is 10.9. The number of nitrogens with one attached hydrogen (secondary N) is 2. The Morgan fingerprint density at radius 2 is 2.36 bits per heavy atom. The van der Waals surface area contributed by atoms with Gasteiger partial charge in [-0.3, -0.25) is 0 Å². The van der Waals surface area contributed by atoms with E-state index in [0.717, 1.165) is 45.1 Å². The fourth-order valence-corrected chi connectivity index (χ4v) is 4.38. The number of thiazole rings is 1. The summed E-state index contributed by atoms with van der Waals surface area (Å²) in [6.07, 6.45) is 6.08. The Bertz CT molecular complexity index is 437. The van der Waals surface area contributed by atoms with Crippen LogP contribution in [0.25, 0.3) is 0 Å². The molecular formula is C16H28ClN3OS. The maximum Gasteiger partial charge on any atom is 0.0925 e. The summed E-state index contributed by atoms with van der Waals surface area (Å²) in [4.78, 5) is 4.65. The molecule has 3 atom stereocenters. The lowest BCUT2D eigenvalue weighted by molar-refractivity contribution is 0.0526. The van der Waals surface area contributed by atoms with Gasteiger partial charge in [0.1, 0.15) is 0 Å². The standard InChI is InChI=1S/C16H27N3OS.ClH/c1-2-16-19-12(11-21-16)6-7-17-14-5-3-4-13(14)15-10-20-9-8-18-15;/h11,13-15,17-18H,2-10H2,1H3;1H. The van der Waals surface area contributed by atoms with E-state index in [1.165, 1.54) is 30.0 Å². The van der Waals surface area contributed by atoms with Crippen LogP contribution in [0.3, 0.4) is 0 Å². The highest BCUT2D eigenvalue weighted by molar-refractivity contribution is 7.09. The summed E-state index contributed by atoms with van der Waals surface area (Å²) >= 11 is 1.79. The Morgan fingerprint density at radius 1 is 1.45 bits per heavy atom. The molecule has 6 heteroatoms. The van der Waals surface area contributed by atoms with Crippen molar-refractivity contribution in [2.24, 2.45) is 5.92 Å². The Balaban J connectivity index is 0.00000176. The van der Waals surface area contributed by atoms with E-state index in [-0.39, 0.29) is 12.4 Å². The molecular weight excluding hydrogens is 318 g/mol. The van der Waals surface area contributed by atoms with E-state index >= 15 is 0 Å². The SMILES string of the molecule is CCc1nc(CCNC2CCCC2C2COCCN2)cs1.Cl. The smallest absolute Gasteiger partial charge is 0.0925 e. The molecule has 1 saturated carbocycles. The van der Waals surface area contributed by atoms with Crippen LogP contribution in [0, 0.1) is 5.92 Å². The van der Waals surface area contributed by atoms with Gasteiger partial charge < -0.3 is 15.4 Å². The first-order valence-electron chi connectivity index (χ1n) is 8.34. The van der Waals surface area contributed by atoms with E-state index in [1.807, 2.05) is 0 Å². The molecule has 2 heterocycles. The van der Waals surface area contributed by atoms with Gasteiger partial charge in [-0.25, -0.2) is 4.98 Å². The van der Waals surface area contributed by atoms with E-state index in [4.69, 9.17) is 4.74 Å². The number of hydrogen-bond donors (Lipinski definition) is 2. The molecule has 1 aliphatic heterocycles. The largest absolute Gasteiger partial charge is 0.379 e. The molecule has 0 radical (unpaired) electrons. The van der Waals surface area contributed by atoms with Crippen LogP contribution in [0.15, 0.2) is 5.38 Å². The van der Waals surface area contributed by atoms with Gasteiger partial charge in [0.2, 0.25) is 0 Å². The van der Waals surface area contributed by atoms with Crippen molar-refractivity contribution in [1.82, 2.24) is 15.6 Å². The summed E-state index contributed by atoms with van der Waals surface area (Å²) in [7, 11) is 0. The summed E-state index contributed by atoms with van der Waals surface area (Å²) in [6, 6.07) is 1.19. The summed E-state index contributed by atoms with van der Waals surface area (Å²) in [6.45, 7) is 5.97. The predicted molar refractivity (Wildman–Crippen MR) is 94.2 cm³/mol. The van der Waals surface area contributed by atoms with Crippen molar-refractivity contribution in [3.8, 4) is 0 Å². The highest BCUT2D eigenvalue weighted by Gasteiger charge is 2.34. The maximum absolute atomic E-state index is 5.63. The molecule has 4 nitrogen and oxygen atoms in total. The van der Waals surface area contributed by atoms with Crippen LogP contribution in [-0.2, 0) is 17.6 Å². The number of halogens is 1. The number of aryl methyl sites for hydroxylation is 1. The molecule has 1 aliphatic carbocycles. The summed E-state index contributed by atoms with van der Waals surface area (Å²) < 4.78 is 5.63. The molecule has 0 bridgehead atoms. The highest BCUT2D eigenvalue weighted by atomic mass is 35.5. The second kappa shape index (κ2) is 9.18. The van der Waals surface area contributed by atoms with Gasteiger partial charge in [0.25, 0.3) is 0 Å². The summed E-state index contributed by atoms with van der Waals surface area (Å²) in [5.74, 6) is 0.729. The van der Waals surface area contributed by atoms with E-state index in [0.29, 0.717) is 12.1 Å². The number of nitrogens with zero attached hydrogens (tertiary/aromatic N) is 1. The molecule has 126 valence electrons. The van der Waals surface area contributed by atoms with Crippen molar-refractivity contribution in [2.75, 3.05) is 26.3 Å². The van der Waals surface area contributed by atoms with Gasteiger partial charge in [0, 0.05) is 37.0 Å². The molecule has 2 fully saturated rings. The van der Waals surface area contributed by atoms with Crippen LogP contribution >= 0.6 is 23.7 Å². The lowest BCUT2D eigenvalue weighted by Gasteiger charge is -2.33. The van der Waals surface area contributed by atoms with Crippen LogP contribution in [0.4, 0.5) is 0 Å². The molecule has 0 aromatic carbocycles. The molecule has 2 N–H and O–H groups in total. The van der Waals surface area contributed by atoms with Crippen LogP contribution < -0.4 is 10.6 Å². The zero-order valence-electron chi connectivity index (χ0n) is 13.3. The number of rotatable bonds is 6. The zero-order valence-corrected chi connectivity index (χ0v) is 15.0. The van der Waals surface area contributed by atoms with E-state index in [2.05, 4.69) is 27.9 Å². The Labute approximate surface area is 143 Å². The molecule has 3 rings (SSSR count). The van der Waals surface area contributed by atoms with Crippen molar-refractivity contribution >= 4 is 23.7 Å². The maximum atomic E-state index is 5.63. The number of hydrogen-bond acceptors (Lipinski definition) is 5. The van der Waals surface area contributed by atoms with Crippen molar-refractivity contribution in [3.05, 3.63) is 16.1 Å². The Hall–Kier alpha value is -0.200. The topological polar surface area (TPSA) is 46.2 Å². The van der Waals surface area contributed by atoms with Crippen molar-refractivity contribution < 1.29 is 4.74 Å². The summed E-state index contributed by atoms with van der Waals surface area (Å²) in [5.41, 5.74) is 1.25.